The van der Waals surface area contributed by atoms with Crippen molar-refractivity contribution in [2.24, 2.45) is 5.10 Å². The van der Waals surface area contributed by atoms with Crippen LogP contribution in [0, 0.1) is 0 Å². The SMILES string of the molecule is CCN(CC)c1ccc(C(=O)NN=C(C)c2ccc(S(=O)(=O)NCc3ccco3)cc2)cc1. The first-order valence-electron chi connectivity index (χ1n) is 10.7. The molecule has 0 unspecified atom stereocenters. The topological polar surface area (TPSA) is 104 Å². The van der Waals surface area contributed by atoms with Gasteiger partial charge in [0.15, 0.2) is 0 Å². The van der Waals surface area contributed by atoms with Crippen LogP contribution in [0.5, 0.6) is 0 Å². The average Bonchev–Trinajstić information content (AvgIpc) is 3.36. The van der Waals surface area contributed by atoms with E-state index in [0.717, 1.165) is 18.8 Å². The van der Waals surface area contributed by atoms with Crippen molar-refractivity contribution in [1.29, 1.82) is 0 Å². The zero-order chi connectivity index (χ0) is 23.8. The van der Waals surface area contributed by atoms with Crippen molar-refractivity contribution in [3.05, 3.63) is 83.8 Å². The van der Waals surface area contributed by atoms with Crippen LogP contribution in [-0.2, 0) is 16.6 Å². The first-order chi connectivity index (χ1) is 15.8. The number of nitrogens with one attached hydrogen (secondary N) is 2. The summed E-state index contributed by atoms with van der Waals surface area (Å²) in [7, 11) is -3.68. The molecule has 0 aliphatic heterocycles. The van der Waals surface area contributed by atoms with Gasteiger partial charge in [0.05, 0.1) is 23.4 Å². The van der Waals surface area contributed by atoms with Gasteiger partial charge in [-0.15, -0.1) is 0 Å². The average molecular weight is 469 g/mol. The molecular weight excluding hydrogens is 440 g/mol. The third-order valence-corrected chi connectivity index (χ3v) is 6.60. The lowest BCUT2D eigenvalue weighted by Gasteiger charge is -2.20. The number of hydrazone groups is 1. The number of hydrogen-bond acceptors (Lipinski definition) is 6. The predicted octanol–water partition coefficient (Wildman–Crippen LogP) is 3.76. The molecule has 9 heteroatoms. The van der Waals surface area contributed by atoms with E-state index in [0.29, 0.717) is 22.6 Å². The van der Waals surface area contributed by atoms with Crippen molar-refractivity contribution in [2.75, 3.05) is 18.0 Å². The summed E-state index contributed by atoms with van der Waals surface area (Å²) < 4.78 is 32.5. The highest BCUT2D eigenvalue weighted by molar-refractivity contribution is 7.89. The minimum atomic E-state index is -3.68. The largest absolute Gasteiger partial charge is 0.468 e. The Morgan fingerprint density at radius 2 is 1.61 bits per heavy atom. The number of carbonyl (C=O) groups is 1. The molecule has 0 saturated heterocycles. The molecule has 0 fully saturated rings. The maximum Gasteiger partial charge on any atom is 0.271 e. The second-order valence-electron chi connectivity index (χ2n) is 7.29. The summed E-state index contributed by atoms with van der Waals surface area (Å²) in [6.45, 7) is 7.77. The molecular formula is C24H28N4O4S. The van der Waals surface area contributed by atoms with Gasteiger partial charge in [-0.3, -0.25) is 4.79 Å². The van der Waals surface area contributed by atoms with Crippen LogP contribution in [0.3, 0.4) is 0 Å². The normalized spacial score (nSPS) is 11.9. The predicted molar refractivity (Wildman–Crippen MR) is 129 cm³/mol. The molecule has 0 saturated carbocycles. The number of benzene rings is 2. The van der Waals surface area contributed by atoms with Gasteiger partial charge < -0.3 is 9.32 Å². The minimum Gasteiger partial charge on any atom is -0.468 e. The van der Waals surface area contributed by atoms with Crippen molar-refractivity contribution in [1.82, 2.24) is 10.1 Å². The summed E-state index contributed by atoms with van der Waals surface area (Å²) in [6.07, 6.45) is 1.49. The lowest BCUT2D eigenvalue weighted by atomic mass is 10.1. The standard InChI is InChI=1S/C24H28N4O4S/c1-4-28(5-2)21-12-8-20(9-13-21)24(29)27-26-18(3)19-10-14-23(15-11-19)33(30,31)25-17-22-7-6-16-32-22/h6-16,25H,4-5,17H2,1-3H3,(H,27,29). The Kier molecular flexibility index (Phi) is 8.02. The first-order valence-corrected chi connectivity index (χ1v) is 12.1. The quantitative estimate of drug-likeness (QED) is 0.348. The van der Waals surface area contributed by atoms with Crippen LogP contribution >= 0.6 is 0 Å². The summed E-state index contributed by atoms with van der Waals surface area (Å²) in [5, 5.41) is 4.15. The van der Waals surface area contributed by atoms with E-state index in [4.69, 9.17) is 4.42 Å². The number of carbonyl (C=O) groups excluding carboxylic acids is 1. The molecule has 33 heavy (non-hydrogen) atoms. The van der Waals surface area contributed by atoms with E-state index >= 15 is 0 Å². The zero-order valence-corrected chi connectivity index (χ0v) is 19.7. The van der Waals surface area contributed by atoms with Crippen LogP contribution in [0.4, 0.5) is 5.69 Å². The Labute approximate surface area is 194 Å². The molecule has 0 atom stereocenters. The first kappa shape index (κ1) is 24.2. The summed E-state index contributed by atoms with van der Waals surface area (Å²) >= 11 is 0. The van der Waals surface area contributed by atoms with Crippen molar-refractivity contribution in [3.8, 4) is 0 Å². The van der Waals surface area contributed by atoms with Crippen LogP contribution in [0.15, 0.2) is 81.3 Å². The van der Waals surface area contributed by atoms with Crippen molar-refractivity contribution in [3.63, 3.8) is 0 Å². The molecule has 1 amide bonds. The number of furan rings is 1. The van der Waals surface area contributed by atoms with Gasteiger partial charge in [-0.25, -0.2) is 18.6 Å². The van der Waals surface area contributed by atoms with E-state index in [1.54, 1.807) is 43.3 Å². The van der Waals surface area contributed by atoms with E-state index in [2.05, 4.69) is 34.0 Å². The molecule has 8 nitrogen and oxygen atoms in total. The second kappa shape index (κ2) is 10.9. The molecule has 2 N–H and O–H groups in total. The highest BCUT2D eigenvalue weighted by atomic mass is 32.2. The molecule has 0 aliphatic carbocycles. The molecule has 0 radical (unpaired) electrons. The van der Waals surface area contributed by atoms with Gasteiger partial charge in [0.25, 0.3) is 5.91 Å². The molecule has 3 aromatic rings. The molecule has 3 rings (SSSR count). The summed E-state index contributed by atoms with van der Waals surface area (Å²) in [6, 6.07) is 17.0. The Morgan fingerprint density at radius 1 is 0.970 bits per heavy atom. The van der Waals surface area contributed by atoms with Crippen molar-refractivity contribution >= 4 is 27.3 Å². The van der Waals surface area contributed by atoms with E-state index in [-0.39, 0.29) is 17.3 Å². The number of anilines is 1. The van der Waals surface area contributed by atoms with Crippen LogP contribution in [0.1, 0.15) is 42.5 Å². The van der Waals surface area contributed by atoms with Crippen LogP contribution < -0.4 is 15.0 Å². The molecule has 1 aromatic heterocycles. The third kappa shape index (κ3) is 6.30. The Hall–Kier alpha value is -3.43. The number of amides is 1. The van der Waals surface area contributed by atoms with Gasteiger partial charge >= 0.3 is 0 Å². The van der Waals surface area contributed by atoms with Crippen molar-refractivity contribution < 1.29 is 17.6 Å². The van der Waals surface area contributed by atoms with E-state index in [1.807, 2.05) is 12.1 Å². The Bertz CT molecular complexity index is 1180. The summed E-state index contributed by atoms with van der Waals surface area (Å²) in [5.74, 6) is 0.207. The third-order valence-electron chi connectivity index (χ3n) is 5.18. The molecule has 174 valence electrons. The van der Waals surface area contributed by atoms with E-state index in [9.17, 15) is 13.2 Å². The van der Waals surface area contributed by atoms with Gasteiger partial charge in [-0.2, -0.15) is 5.10 Å². The van der Waals surface area contributed by atoms with Crippen molar-refractivity contribution in [2.45, 2.75) is 32.2 Å². The molecule has 0 spiro atoms. The minimum absolute atomic E-state index is 0.0690. The van der Waals surface area contributed by atoms with Crippen LogP contribution in [-0.4, -0.2) is 33.1 Å². The summed E-state index contributed by atoms with van der Waals surface area (Å²) in [5.41, 5.74) is 5.36. The highest BCUT2D eigenvalue weighted by Crippen LogP contribution is 2.15. The fourth-order valence-electron chi connectivity index (χ4n) is 3.21. The summed E-state index contributed by atoms with van der Waals surface area (Å²) in [4.78, 5) is 14.8. The van der Waals surface area contributed by atoms with E-state index < -0.39 is 10.0 Å². The maximum absolute atomic E-state index is 12.4. The second-order valence-corrected chi connectivity index (χ2v) is 9.05. The monoisotopic (exact) mass is 468 g/mol. The van der Waals surface area contributed by atoms with Crippen LogP contribution in [0.2, 0.25) is 0 Å². The Balaban J connectivity index is 1.61. The van der Waals surface area contributed by atoms with Gasteiger partial charge in [0.1, 0.15) is 5.76 Å². The highest BCUT2D eigenvalue weighted by Gasteiger charge is 2.15. The number of hydrogen-bond donors (Lipinski definition) is 2. The lowest BCUT2D eigenvalue weighted by Crippen LogP contribution is -2.23. The lowest BCUT2D eigenvalue weighted by molar-refractivity contribution is 0.0955. The van der Waals surface area contributed by atoms with Gasteiger partial charge in [0.2, 0.25) is 10.0 Å². The number of sulfonamides is 1. The van der Waals surface area contributed by atoms with Gasteiger partial charge in [0, 0.05) is 24.3 Å². The van der Waals surface area contributed by atoms with Gasteiger partial charge in [-0.1, -0.05) is 12.1 Å². The van der Waals surface area contributed by atoms with E-state index in [1.165, 1.54) is 18.4 Å². The smallest absolute Gasteiger partial charge is 0.271 e. The van der Waals surface area contributed by atoms with Crippen LogP contribution in [0.25, 0.3) is 0 Å². The Morgan fingerprint density at radius 3 is 2.18 bits per heavy atom. The van der Waals surface area contributed by atoms with Gasteiger partial charge in [-0.05, 0) is 74.9 Å². The molecule has 0 bridgehead atoms. The molecule has 2 aromatic carbocycles. The fourth-order valence-corrected chi connectivity index (χ4v) is 4.21. The molecule has 1 heterocycles. The number of rotatable bonds is 10. The molecule has 0 aliphatic rings. The maximum atomic E-state index is 12.4. The fraction of sp³-hybridized carbons (Fsp3) is 0.250. The zero-order valence-electron chi connectivity index (χ0n) is 18.9. The number of nitrogens with zero attached hydrogens (tertiary/aromatic N) is 2.